The number of nitrogens with zero attached hydrogens (tertiary/aromatic N) is 2. The quantitative estimate of drug-likeness (QED) is 0.488. The van der Waals surface area contributed by atoms with Crippen LogP contribution in [0.5, 0.6) is 5.75 Å². The average Bonchev–Trinajstić information content (AvgIpc) is 3.31. The molecule has 5 rings (SSSR count). The Hall–Kier alpha value is -3.90. The van der Waals surface area contributed by atoms with Crippen LogP contribution < -0.4 is 20.7 Å². The lowest BCUT2D eigenvalue weighted by Gasteiger charge is -2.30. The Labute approximate surface area is 213 Å². The van der Waals surface area contributed by atoms with E-state index < -0.39 is 40.8 Å². The Morgan fingerprint density at radius 3 is 2.36 bits per heavy atom. The Morgan fingerprint density at radius 2 is 1.72 bits per heavy atom. The first-order valence-corrected chi connectivity index (χ1v) is 12.6. The van der Waals surface area contributed by atoms with E-state index in [2.05, 4.69) is 5.32 Å². The number of likely N-dealkylation sites (tertiary alicyclic amines) is 1. The number of benzene rings is 2. The SMILES string of the molecule is COc1ccc(NC(=O)Cn2c3c(sc2=O)[C@@H](c2ccccc2)C2C(=O)N(C(N)=O)C(=O)C2S3)cc1. The van der Waals surface area contributed by atoms with Crippen molar-refractivity contribution in [2.24, 2.45) is 11.7 Å². The number of nitrogens with one attached hydrogen (secondary N) is 1. The van der Waals surface area contributed by atoms with E-state index in [0.717, 1.165) is 28.7 Å². The van der Waals surface area contributed by atoms with Gasteiger partial charge >= 0.3 is 10.9 Å². The number of primary amides is 1. The van der Waals surface area contributed by atoms with Gasteiger partial charge in [-0.2, -0.15) is 4.90 Å². The minimum atomic E-state index is -1.13. The molecule has 1 aromatic heterocycles. The van der Waals surface area contributed by atoms with Gasteiger partial charge in [0.1, 0.15) is 17.5 Å². The van der Waals surface area contributed by atoms with E-state index >= 15 is 0 Å². The highest BCUT2D eigenvalue weighted by Gasteiger charge is 2.57. The molecule has 0 bridgehead atoms. The molecule has 2 unspecified atom stereocenters. The van der Waals surface area contributed by atoms with Gasteiger partial charge in [-0.1, -0.05) is 53.4 Å². The van der Waals surface area contributed by atoms with Crippen LogP contribution in [0.25, 0.3) is 0 Å². The molecule has 2 aromatic carbocycles. The number of hydrogen-bond donors (Lipinski definition) is 2. The molecule has 3 heterocycles. The lowest BCUT2D eigenvalue weighted by atomic mass is 9.83. The molecule has 0 saturated carbocycles. The van der Waals surface area contributed by atoms with Gasteiger partial charge < -0.3 is 15.8 Å². The number of hydrogen-bond acceptors (Lipinski definition) is 8. The van der Waals surface area contributed by atoms with Gasteiger partial charge in [-0.05, 0) is 29.8 Å². The first-order valence-electron chi connectivity index (χ1n) is 10.9. The van der Waals surface area contributed by atoms with Crippen LogP contribution in [0.4, 0.5) is 10.5 Å². The number of methoxy groups -OCH3 is 1. The van der Waals surface area contributed by atoms with E-state index in [1.54, 1.807) is 48.5 Å². The molecule has 1 saturated heterocycles. The van der Waals surface area contributed by atoms with Crippen molar-refractivity contribution in [1.29, 1.82) is 0 Å². The van der Waals surface area contributed by atoms with Crippen LogP contribution in [0, 0.1) is 5.92 Å². The van der Waals surface area contributed by atoms with Crippen molar-refractivity contribution < 1.29 is 23.9 Å². The van der Waals surface area contributed by atoms with Gasteiger partial charge in [-0.15, -0.1) is 0 Å². The molecule has 0 aliphatic carbocycles. The van der Waals surface area contributed by atoms with Crippen LogP contribution in [0.3, 0.4) is 0 Å². The number of thiazole rings is 1. The molecule has 3 atom stereocenters. The second kappa shape index (κ2) is 9.28. The predicted octanol–water partition coefficient (Wildman–Crippen LogP) is 2.23. The number of carbonyl (C=O) groups excluding carboxylic acids is 4. The van der Waals surface area contributed by atoms with E-state index in [-0.39, 0.29) is 11.4 Å². The summed E-state index contributed by atoms with van der Waals surface area (Å²) in [5, 5.41) is 2.22. The summed E-state index contributed by atoms with van der Waals surface area (Å²) >= 11 is 1.94. The van der Waals surface area contributed by atoms with Crippen LogP contribution >= 0.6 is 23.1 Å². The Morgan fingerprint density at radius 1 is 1.03 bits per heavy atom. The van der Waals surface area contributed by atoms with Gasteiger partial charge in [0.05, 0.1) is 18.1 Å². The second-order valence-corrected chi connectivity index (χ2v) is 10.3. The number of thioether (sulfide) groups is 1. The number of aromatic nitrogens is 1. The van der Waals surface area contributed by atoms with Crippen LogP contribution in [-0.2, 0) is 20.9 Å². The first-order chi connectivity index (χ1) is 17.3. The summed E-state index contributed by atoms with van der Waals surface area (Å²) in [7, 11) is 1.54. The van der Waals surface area contributed by atoms with Crippen LogP contribution in [0.15, 0.2) is 64.4 Å². The van der Waals surface area contributed by atoms with Crippen molar-refractivity contribution in [3.8, 4) is 5.75 Å². The van der Waals surface area contributed by atoms with Crippen LogP contribution in [0.2, 0.25) is 0 Å². The lowest BCUT2D eigenvalue weighted by molar-refractivity contribution is -0.135. The molecule has 36 heavy (non-hydrogen) atoms. The fourth-order valence-electron chi connectivity index (χ4n) is 4.51. The highest BCUT2D eigenvalue weighted by atomic mass is 32.2. The van der Waals surface area contributed by atoms with Gasteiger partial charge in [-0.3, -0.25) is 23.7 Å². The number of amides is 5. The normalized spacial score (nSPS) is 20.6. The van der Waals surface area contributed by atoms with Crippen molar-refractivity contribution in [2.75, 3.05) is 12.4 Å². The van der Waals surface area contributed by atoms with Gasteiger partial charge in [-0.25, -0.2) is 4.79 Å². The number of nitrogens with two attached hydrogens (primary N) is 1. The molecule has 0 spiro atoms. The number of anilines is 1. The second-order valence-electron chi connectivity index (χ2n) is 8.20. The van der Waals surface area contributed by atoms with Crippen molar-refractivity contribution in [2.45, 2.75) is 22.7 Å². The number of urea groups is 1. The number of fused-ring (bicyclic) bond motifs is 2. The Bertz CT molecular complexity index is 1430. The van der Waals surface area contributed by atoms with E-state index in [1.807, 2.05) is 6.07 Å². The van der Waals surface area contributed by atoms with Crippen molar-refractivity contribution >= 4 is 52.5 Å². The third-order valence-corrected chi connectivity index (χ3v) is 8.71. The minimum absolute atomic E-state index is 0.287. The minimum Gasteiger partial charge on any atom is -0.497 e. The highest BCUT2D eigenvalue weighted by molar-refractivity contribution is 8.00. The van der Waals surface area contributed by atoms with Gasteiger partial charge in [0.25, 0.3) is 5.91 Å². The zero-order valence-corrected chi connectivity index (χ0v) is 20.5. The molecule has 12 heteroatoms. The maximum Gasteiger partial charge on any atom is 0.328 e. The van der Waals surface area contributed by atoms with Gasteiger partial charge in [0, 0.05) is 16.5 Å². The fraction of sp³-hybridized carbons (Fsp3) is 0.208. The lowest BCUT2D eigenvalue weighted by Crippen LogP contribution is -2.41. The van der Waals surface area contributed by atoms with E-state index in [9.17, 15) is 24.0 Å². The van der Waals surface area contributed by atoms with E-state index in [4.69, 9.17) is 10.5 Å². The summed E-state index contributed by atoms with van der Waals surface area (Å²) < 4.78 is 6.42. The van der Waals surface area contributed by atoms with Crippen molar-refractivity contribution in [3.63, 3.8) is 0 Å². The largest absolute Gasteiger partial charge is 0.497 e. The number of imide groups is 3. The summed E-state index contributed by atoms with van der Waals surface area (Å²) in [6, 6.07) is 14.6. The monoisotopic (exact) mass is 524 g/mol. The summed E-state index contributed by atoms with van der Waals surface area (Å²) in [5.74, 6) is -2.75. The first kappa shape index (κ1) is 23.8. The topological polar surface area (TPSA) is 141 Å². The molecule has 1 fully saturated rings. The maximum absolute atomic E-state index is 13.1. The molecular formula is C24H20N4O6S2. The zero-order valence-electron chi connectivity index (χ0n) is 18.9. The van der Waals surface area contributed by atoms with E-state index in [0.29, 0.717) is 26.2 Å². The summed E-state index contributed by atoms with van der Waals surface area (Å²) in [6.45, 7) is -0.287. The molecule has 3 aromatic rings. The average molecular weight is 525 g/mol. The number of ether oxygens (including phenoxy) is 1. The van der Waals surface area contributed by atoms with Gasteiger partial charge in [0.15, 0.2) is 0 Å². The smallest absolute Gasteiger partial charge is 0.328 e. The molecule has 2 aliphatic heterocycles. The summed E-state index contributed by atoms with van der Waals surface area (Å²) in [5.41, 5.74) is 6.58. The van der Waals surface area contributed by atoms with E-state index in [1.165, 1.54) is 11.7 Å². The number of rotatable bonds is 5. The number of carbonyl (C=O) groups is 4. The molecule has 0 radical (unpaired) electrons. The third kappa shape index (κ3) is 3.97. The molecule has 10 nitrogen and oxygen atoms in total. The molecule has 3 N–H and O–H groups in total. The third-order valence-electron chi connectivity index (χ3n) is 6.10. The van der Waals surface area contributed by atoms with Crippen LogP contribution in [0.1, 0.15) is 16.4 Å². The fourth-order valence-corrected chi connectivity index (χ4v) is 7.28. The van der Waals surface area contributed by atoms with Crippen molar-refractivity contribution in [3.05, 3.63) is 74.7 Å². The molecule has 5 amide bonds. The Kier molecular flexibility index (Phi) is 6.14. The molecule has 184 valence electrons. The van der Waals surface area contributed by atoms with Crippen molar-refractivity contribution in [1.82, 2.24) is 9.47 Å². The predicted molar refractivity (Wildman–Crippen MR) is 133 cm³/mol. The summed E-state index contributed by atoms with van der Waals surface area (Å²) in [6.07, 6.45) is 0. The zero-order chi connectivity index (χ0) is 25.6. The summed E-state index contributed by atoms with van der Waals surface area (Å²) in [4.78, 5) is 64.6. The van der Waals surface area contributed by atoms with Crippen LogP contribution in [-0.4, -0.2) is 45.6 Å². The molecular weight excluding hydrogens is 504 g/mol. The Balaban J connectivity index is 1.52. The van der Waals surface area contributed by atoms with Gasteiger partial charge in [0.2, 0.25) is 11.8 Å². The maximum atomic E-state index is 13.1. The molecule has 2 aliphatic rings. The highest BCUT2D eigenvalue weighted by Crippen LogP contribution is 2.53. The standard InChI is InChI=1S/C24H20N4O6S2/c1-34-14-9-7-13(8-10-14)26-15(29)11-27-22-19(36-24(27)33)16(12-5-3-2-4-6-12)17-18(35-22)21(31)28(20(17)30)23(25)32/h2-10,16-18H,11H2,1H3,(H2,25,32)(H,26,29)/t16-,17?,18?/m0/s1.